The molecule has 1 heterocycles. The van der Waals surface area contributed by atoms with E-state index >= 15 is 0 Å². The second kappa shape index (κ2) is 4.11. The van der Waals surface area contributed by atoms with Gasteiger partial charge in [0.05, 0.1) is 6.10 Å². The van der Waals surface area contributed by atoms with Gasteiger partial charge in [-0.3, -0.25) is 4.90 Å². The standard InChI is InChI=1S/C12H17NO/c1-10-4-2-3-5-11(10)8-13-7-6-12(14)9-13/h2-5,12,14H,6-9H2,1H3. The fourth-order valence-corrected chi connectivity index (χ4v) is 1.98. The topological polar surface area (TPSA) is 23.5 Å². The number of nitrogens with zero attached hydrogens (tertiary/aromatic N) is 1. The highest BCUT2D eigenvalue weighted by Crippen LogP contribution is 2.15. The fourth-order valence-electron chi connectivity index (χ4n) is 1.98. The monoisotopic (exact) mass is 191 g/mol. The van der Waals surface area contributed by atoms with Crippen LogP contribution < -0.4 is 0 Å². The molecule has 2 rings (SSSR count). The molecule has 0 aromatic heterocycles. The molecule has 1 aliphatic rings. The van der Waals surface area contributed by atoms with Gasteiger partial charge < -0.3 is 5.11 Å². The van der Waals surface area contributed by atoms with Crippen molar-refractivity contribution < 1.29 is 5.11 Å². The SMILES string of the molecule is Cc1ccccc1CN1CCC(O)C1. The highest BCUT2D eigenvalue weighted by molar-refractivity contribution is 5.25. The van der Waals surface area contributed by atoms with E-state index < -0.39 is 0 Å². The predicted octanol–water partition coefficient (Wildman–Crippen LogP) is 1.56. The van der Waals surface area contributed by atoms with Crippen molar-refractivity contribution in [3.63, 3.8) is 0 Å². The maximum Gasteiger partial charge on any atom is 0.0679 e. The molecule has 76 valence electrons. The fraction of sp³-hybridized carbons (Fsp3) is 0.500. The van der Waals surface area contributed by atoms with Gasteiger partial charge in [-0.05, 0) is 24.5 Å². The van der Waals surface area contributed by atoms with Crippen molar-refractivity contribution in [3.8, 4) is 0 Å². The van der Waals surface area contributed by atoms with Gasteiger partial charge in [0.25, 0.3) is 0 Å². The molecular formula is C12H17NO. The molecule has 0 spiro atoms. The molecule has 1 saturated heterocycles. The summed E-state index contributed by atoms with van der Waals surface area (Å²) in [6.07, 6.45) is 0.810. The Bertz CT molecular complexity index is 311. The van der Waals surface area contributed by atoms with Crippen molar-refractivity contribution in [2.45, 2.75) is 26.0 Å². The number of β-amino-alcohol motifs (C(OH)–C–C–N with tert-alkyl or cyclic N) is 1. The highest BCUT2D eigenvalue weighted by Gasteiger charge is 2.20. The van der Waals surface area contributed by atoms with Gasteiger partial charge in [-0.25, -0.2) is 0 Å². The molecule has 1 aromatic carbocycles. The van der Waals surface area contributed by atoms with Crippen LogP contribution in [-0.4, -0.2) is 29.2 Å². The summed E-state index contributed by atoms with van der Waals surface area (Å²) >= 11 is 0. The van der Waals surface area contributed by atoms with E-state index in [1.54, 1.807) is 0 Å². The van der Waals surface area contributed by atoms with Crippen LogP contribution in [0.5, 0.6) is 0 Å². The Morgan fingerprint density at radius 2 is 2.21 bits per heavy atom. The summed E-state index contributed by atoms with van der Waals surface area (Å²) in [6.45, 7) is 4.97. The number of hydrogen-bond donors (Lipinski definition) is 1. The van der Waals surface area contributed by atoms with Gasteiger partial charge in [-0.2, -0.15) is 0 Å². The molecule has 14 heavy (non-hydrogen) atoms. The van der Waals surface area contributed by atoms with Crippen molar-refractivity contribution in [2.24, 2.45) is 0 Å². The van der Waals surface area contributed by atoms with Crippen LogP contribution in [0, 0.1) is 6.92 Å². The van der Waals surface area contributed by atoms with E-state index in [9.17, 15) is 5.11 Å². The smallest absolute Gasteiger partial charge is 0.0679 e. The molecule has 2 heteroatoms. The third kappa shape index (κ3) is 2.14. The largest absolute Gasteiger partial charge is 0.392 e. The minimum atomic E-state index is -0.112. The first-order chi connectivity index (χ1) is 6.75. The average molecular weight is 191 g/mol. The number of aryl methyl sites for hydroxylation is 1. The second-order valence-corrected chi connectivity index (χ2v) is 4.10. The Balaban J connectivity index is 2.01. The number of aliphatic hydroxyl groups excluding tert-OH is 1. The summed E-state index contributed by atoms with van der Waals surface area (Å²) < 4.78 is 0. The maximum atomic E-state index is 9.41. The zero-order valence-corrected chi connectivity index (χ0v) is 8.61. The van der Waals surface area contributed by atoms with Gasteiger partial charge in [-0.15, -0.1) is 0 Å². The lowest BCUT2D eigenvalue weighted by atomic mass is 10.1. The van der Waals surface area contributed by atoms with E-state index in [0.29, 0.717) is 0 Å². The molecule has 1 unspecified atom stereocenters. The number of hydrogen-bond acceptors (Lipinski definition) is 2. The first-order valence-corrected chi connectivity index (χ1v) is 5.20. The van der Waals surface area contributed by atoms with E-state index in [4.69, 9.17) is 0 Å². The first kappa shape index (κ1) is 9.69. The average Bonchev–Trinajstić information content (AvgIpc) is 2.56. The van der Waals surface area contributed by atoms with Crippen LogP contribution in [0.15, 0.2) is 24.3 Å². The summed E-state index contributed by atoms with van der Waals surface area (Å²) in [5.74, 6) is 0. The third-order valence-electron chi connectivity index (χ3n) is 2.90. The van der Waals surface area contributed by atoms with Gasteiger partial charge in [0, 0.05) is 19.6 Å². The van der Waals surface area contributed by atoms with E-state index in [0.717, 1.165) is 26.1 Å². The lowest BCUT2D eigenvalue weighted by molar-refractivity contribution is 0.174. The summed E-state index contributed by atoms with van der Waals surface area (Å²) in [5, 5.41) is 9.41. The van der Waals surface area contributed by atoms with Gasteiger partial charge in [0.1, 0.15) is 0 Å². The zero-order chi connectivity index (χ0) is 9.97. The van der Waals surface area contributed by atoms with Crippen molar-refractivity contribution in [3.05, 3.63) is 35.4 Å². The van der Waals surface area contributed by atoms with Crippen molar-refractivity contribution in [2.75, 3.05) is 13.1 Å². The highest BCUT2D eigenvalue weighted by atomic mass is 16.3. The summed E-state index contributed by atoms with van der Waals surface area (Å²) in [6, 6.07) is 8.45. The van der Waals surface area contributed by atoms with Crippen molar-refractivity contribution in [1.29, 1.82) is 0 Å². The number of likely N-dealkylation sites (tertiary alicyclic amines) is 1. The molecule has 0 bridgehead atoms. The van der Waals surface area contributed by atoms with Gasteiger partial charge in [0.15, 0.2) is 0 Å². The predicted molar refractivity (Wildman–Crippen MR) is 57.1 cm³/mol. The lowest BCUT2D eigenvalue weighted by Gasteiger charge is -2.16. The first-order valence-electron chi connectivity index (χ1n) is 5.20. The zero-order valence-electron chi connectivity index (χ0n) is 8.61. The molecule has 0 radical (unpaired) electrons. The van der Waals surface area contributed by atoms with Crippen molar-refractivity contribution >= 4 is 0 Å². The van der Waals surface area contributed by atoms with Crippen LogP contribution in [-0.2, 0) is 6.54 Å². The molecule has 1 fully saturated rings. The quantitative estimate of drug-likeness (QED) is 0.767. The van der Waals surface area contributed by atoms with Gasteiger partial charge in [0.2, 0.25) is 0 Å². The Morgan fingerprint density at radius 1 is 1.43 bits per heavy atom. The molecule has 2 nitrogen and oxygen atoms in total. The number of rotatable bonds is 2. The van der Waals surface area contributed by atoms with Crippen LogP contribution in [0.3, 0.4) is 0 Å². The van der Waals surface area contributed by atoms with Crippen LogP contribution >= 0.6 is 0 Å². The van der Waals surface area contributed by atoms with E-state index in [1.165, 1.54) is 11.1 Å². The Hall–Kier alpha value is -0.860. The van der Waals surface area contributed by atoms with Gasteiger partial charge >= 0.3 is 0 Å². The van der Waals surface area contributed by atoms with Crippen LogP contribution in [0.1, 0.15) is 17.5 Å². The van der Waals surface area contributed by atoms with Crippen LogP contribution in [0.25, 0.3) is 0 Å². The molecule has 0 amide bonds. The van der Waals surface area contributed by atoms with Crippen molar-refractivity contribution in [1.82, 2.24) is 4.90 Å². The van der Waals surface area contributed by atoms with E-state index in [2.05, 4.69) is 36.1 Å². The van der Waals surface area contributed by atoms with Crippen LogP contribution in [0.2, 0.25) is 0 Å². The van der Waals surface area contributed by atoms with E-state index in [-0.39, 0.29) is 6.10 Å². The molecule has 1 aliphatic heterocycles. The lowest BCUT2D eigenvalue weighted by Crippen LogP contribution is -2.21. The molecule has 1 N–H and O–H groups in total. The van der Waals surface area contributed by atoms with Gasteiger partial charge in [-0.1, -0.05) is 24.3 Å². The molecular weight excluding hydrogens is 174 g/mol. The number of aliphatic hydroxyl groups is 1. The Labute approximate surface area is 85.2 Å². The Morgan fingerprint density at radius 3 is 2.86 bits per heavy atom. The molecule has 1 atom stereocenters. The molecule has 0 aliphatic carbocycles. The normalized spacial score (nSPS) is 22.9. The van der Waals surface area contributed by atoms with E-state index in [1.807, 2.05) is 0 Å². The second-order valence-electron chi connectivity index (χ2n) is 4.10. The molecule has 0 saturated carbocycles. The third-order valence-corrected chi connectivity index (χ3v) is 2.90. The summed E-state index contributed by atoms with van der Waals surface area (Å²) in [5.41, 5.74) is 2.72. The van der Waals surface area contributed by atoms with Crippen LogP contribution in [0.4, 0.5) is 0 Å². The minimum absolute atomic E-state index is 0.112. The minimum Gasteiger partial charge on any atom is -0.392 e. The summed E-state index contributed by atoms with van der Waals surface area (Å²) in [7, 11) is 0. The summed E-state index contributed by atoms with van der Waals surface area (Å²) in [4.78, 5) is 2.31. The molecule has 1 aromatic rings. The maximum absolute atomic E-state index is 9.41. The number of benzene rings is 1. The Kier molecular flexibility index (Phi) is 2.85.